The van der Waals surface area contributed by atoms with Gasteiger partial charge in [-0.15, -0.1) is 0 Å². The Balaban J connectivity index is 1.89. The number of para-hydroxylation sites is 1. The molecule has 5 atom stereocenters. The van der Waals surface area contributed by atoms with Crippen molar-refractivity contribution in [1.82, 2.24) is 0 Å². The van der Waals surface area contributed by atoms with Crippen molar-refractivity contribution in [2.24, 2.45) is 5.10 Å². The van der Waals surface area contributed by atoms with E-state index in [-0.39, 0.29) is 0 Å². The summed E-state index contributed by atoms with van der Waals surface area (Å²) in [5.41, 5.74) is 1.58. The fraction of sp³-hybridized carbons (Fsp3) is 0.316. The van der Waals surface area contributed by atoms with Gasteiger partial charge >= 0.3 is 0 Å². The molecule has 2 aromatic carbocycles. The molecule has 8 heteroatoms. The fourth-order valence-electron chi connectivity index (χ4n) is 2.76. The Morgan fingerprint density at radius 2 is 1.48 bits per heavy atom. The molecule has 0 spiro atoms. The molecule has 0 aliphatic carbocycles. The Morgan fingerprint density at radius 1 is 0.889 bits per heavy atom. The smallest absolute Gasteiger partial charge is 0.132 e. The molecule has 0 saturated heterocycles. The molecule has 1 heterocycles. The van der Waals surface area contributed by atoms with Gasteiger partial charge in [0.2, 0.25) is 0 Å². The minimum Gasteiger partial charge on any atom is -0.394 e. The molecule has 0 aromatic heterocycles. The lowest BCUT2D eigenvalue weighted by molar-refractivity contribution is -0.114. The lowest BCUT2D eigenvalue weighted by Gasteiger charge is -2.32. The zero-order valence-corrected chi connectivity index (χ0v) is 15.2. The van der Waals surface area contributed by atoms with Crippen LogP contribution >= 0.6 is 11.8 Å². The second-order valence-electron chi connectivity index (χ2n) is 6.18. The Bertz CT molecular complexity index is 761. The molecule has 2 aromatic rings. The van der Waals surface area contributed by atoms with Crippen molar-refractivity contribution in [1.29, 1.82) is 0 Å². The topological polar surface area (TPSA) is 117 Å². The number of hydrogen-bond donors (Lipinski definition) is 5. The van der Waals surface area contributed by atoms with E-state index in [0.717, 1.165) is 5.56 Å². The van der Waals surface area contributed by atoms with E-state index in [1.54, 1.807) is 5.01 Å². The van der Waals surface area contributed by atoms with Crippen molar-refractivity contribution in [2.45, 2.75) is 29.8 Å². The summed E-state index contributed by atoms with van der Waals surface area (Å²) < 4.78 is 0. The second-order valence-corrected chi connectivity index (χ2v) is 7.29. The predicted molar refractivity (Wildman–Crippen MR) is 104 cm³/mol. The number of rotatable bonds is 7. The zero-order valence-electron chi connectivity index (χ0n) is 14.4. The first-order valence-corrected chi connectivity index (χ1v) is 9.39. The van der Waals surface area contributed by atoms with Crippen LogP contribution in [-0.4, -0.2) is 67.0 Å². The number of nitrogens with zero attached hydrogens (tertiary/aromatic N) is 2. The zero-order chi connectivity index (χ0) is 19.4. The van der Waals surface area contributed by atoms with Gasteiger partial charge in [0.15, 0.2) is 0 Å². The van der Waals surface area contributed by atoms with E-state index in [0.29, 0.717) is 10.7 Å². The maximum absolute atomic E-state index is 10.7. The monoisotopic (exact) mass is 390 g/mol. The highest BCUT2D eigenvalue weighted by Gasteiger charge is 2.41. The molecule has 5 N–H and O–H groups in total. The quantitative estimate of drug-likeness (QED) is 0.464. The van der Waals surface area contributed by atoms with Gasteiger partial charge in [-0.3, -0.25) is 0 Å². The van der Waals surface area contributed by atoms with Gasteiger partial charge in [0.25, 0.3) is 0 Å². The van der Waals surface area contributed by atoms with Gasteiger partial charge in [0.05, 0.1) is 12.3 Å². The van der Waals surface area contributed by atoms with Gasteiger partial charge in [-0.25, -0.2) is 5.01 Å². The van der Waals surface area contributed by atoms with Crippen LogP contribution in [0.25, 0.3) is 0 Å². The second kappa shape index (κ2) is 8.83. The van der Waals surface area contributed by atoms with E-state index < -0.39 is 36.4 Å². The van der Waals surface area contributed by atoms with Gasteiger partial charge in [0.1, 0.15) is 34.8 Å². The van der Waals surface area contributed by atoms with E-state index in [1.807, 2.05) is 60.7 Å². The summed E-state index contributed by atoms with van der Waals surface area (Å²) in [6.07, 6.45) is -6.35. The summed E-state index contributed by atoms with van der Waals surface area (Å²) in [7, 11) is 0. The Morgan fingerprint density at radius 3 is 2.07 bits per heavy atom. The standard InChI is InChI=1S/C19H22N2O5S/c22-11-14(23)15(24)16(25)17(26)19-21(13-9-5-2-6-10-13)20-18(27-19)12-7-3-1-4-8-12/h1-10,14-17,19,22-26H,11H2/t14-,15-,16-,17+,19+/m1/s1. The van der Waals surface area contributed by atoms with Crippen molar-refractivity contribution in [3.05, 3.63) is 66.2 Å². The average molecular weight is 390 g/mol. The summed E-state index contributed by atoms with van der Waals surface area (Å²) in [6.45, 7) is -0.725. The number of anilines is 1. The summed E-state index contributed by atoms with van der Waals surface area (Å²) in [5.74, 6) is 0. The SMILES string of the molecule is OC[C@@H](O)[C@@H](O)[C@@H](O)[C@H](O)[C@@H]1SC(c2ccccc2)=NN1c1ccccc1. The number of hydrazone groups is 1. The minimum absolute atomic E-state index is 0.660. The van der Waals surface area contributed by atoms with Crippen LogP contribution in [0.15, 0.2) is 65.8 Å². The highest BCUT2D eigenvalue weighted by atomic mass is 32.2. The lowest BCUT2D eigenvalue weighted by Crippen LogP contribution is -2.52. The van der Waals surface area contributed by atoms with Crippen molar-refractivity contribution < 1.29 is 25.5 Å². The van der Waals surface area contributed by atoms with Gasteiger partial charge in [-0.2, -0.15) is 5.10 Å². The first kappa shape index (κ1) is 19.8. The van der Waals surface area contributed by atoms with E-state index >= 15 is 0 Å². The molecule has 144 valence electrons. The maximum Gasteiger partial charge on any atom is 0.132 e. The van der Waals surface area contributed by atoms with Crippen LogP contribution in [-0.2, 0) is 0 Å². The Labute approximate surface area is 161 Å². The van der Waals surface area contributed by atoms with Crippen LogP contribution < -0.4 is 5.01 Å². The number of aliphatic hydroxyl groups is 5. The summed E-state index contributed by atoms with van der Waals surface area (Å²) in [5, 5.41) is 55.6. The minimum atomic E-state index is -1.69. The van der Waals surface area contributed by atoms with Gasteiger partial charge in [-0.1, -0.05) is 60.3 Å². The molecule has 0 radical (unpaired) electrons. The van der Waals surface area contributed by atoms with Gasteiger partial charge < -0.3 is 25.5 Å². The molecule has 1 aliphatic rings. The van der Waals surface area contributed by atoms with Gasteiger partial charge in [0, 0.05) is 5.56 Å². The predicted octanol–water partition coefficient (Wildman–Crippen LogP) is 0.364. The van der Waals surface area contributed by atoms with Crippen LogP contribution in [0.1, 0.15) is 5.56 Å². The van der Waals surface area contributed by atoms with E-state index in [4.69, 9.17) is 5.11 Å². The van der Waals surface area contributed by atoms with Crippen LogP contribution in [0.5, 0.6) is 0 Å². The van der Waals surface area contributed by atoms with E-state index in [9.17, 15) is 20.4 Å². The van der Waals surface area contributed by atoms with Crippen molar-refractivity contribution >= 4 is 22.5 Å². The van der Waals surface area contributed by atoms with E-state index in [2.05, 4.69) is 5.10 Å². The Hall–Kier alpha value is -1.94. The van der Waals surface area contributed by atoms with Crippen LogP contribution in [0, 0.1) is 0 Å². The highest BCUT2D eigenvalue weighted by molar-refractivity contribution is 8.15. The van der Waals surface area contributed by atoms with Crippen LogP contribution in [0.4, 0.5) is 5.69 Å². The molecule has 0 amide bonds. The largest absolute Gasteiger partial charge is 0.394 e. The fourth-order valence-corrected chi connectivity index (χ4v) is 3.96. The third-order valence-corrected chi connectivity index (χ3v) is 5.55. The molecular weight excluding hydrogens is 368 g/mol. The number of aliphatic hydroxyl groups excluding tert-OH is 5. The average Bonchev–Trinajstić information content (AvgIpc) is 3.18. The van der Waals surface area contributed by atoms with Crippen molar-refractivity contribution in [3.63, 3.8) is 0 Å². The van der Waals surface area contributed by atoms with Crippen LogP contribution in [0.3, 0.4) is 0 Å². The molecule has 3 rings (SSSR count). The van der Waals surface area contributed by atoms with Gasteiger partial charge in [-0.05, 0) is 12.1 Å². The third-order valence-electron chi connectivity index (χ3n) is 4.29. The first-order chi connectivity index (χ1) is 13.0. The molecule has 0 fully saturated rings. The summed E-state index contributed by atoms with van der Waals surface area (Å²) in [4.78, 5) is 0. The summed E-state index contributed by atoms with van der Waals surface area (Å²) in [6, 6.07) is 18.6. The molecule has 0 saturated carbocycles. The third kappa shape index (κ3) is 4.32. The highest BCUT2D eigenvalue weighted by Crippen LogP contribution is 2.36. The normalized spacial score (nSPS) is 21.4. The van der Waals surface area contributed by atoms with Crippen molar-refractivity contribution in [2.75, 3.05) is 11.6 Å². The number of benzene rings is 2. The molecule has 27 heavy (non-hydrogen) atoms. The Kier molecular flexibility index (Phi) is 6.48. The first-order valence-electron chi connectivity index (χ1n) is 8.51. The molecule has 0 unspecified atom stereocenters. The molecule has 7 nitrogen and oxygen atoms in total. The van der Waals surface area contributed by atoms with Crippen molar-refractivity contribution in [3.8, 4) is 0 Å². The number of hydrogen-bond acceptors (Lipinski definition) is 8. The lowest BCUT2D eigenvalue weighted by atomic mass is 10.0. The number of thioether (sulfide) groups is 1. The maximum atomic E-state index is 10.7. The van der Waals surface area contributed by atoms with E-state index in [1.165, 1.54) is 11.8 Å². The summed E-state index contributed by atoms with van der Waals surface area (Å²) >= 11 is 1.25. The van der Waals surface area contributed by atoms with Crippen LogP contribution in [0.2, 0.25) is 0 Å². The molecular formula is C19H22N2O5S. The molecule has 0 bridgehead atoms. The molecule has 1 aliphatic heterocycles.